The molecule has 3 nitrogen and oxygen atoms in total. The number of hydrogen-bond acceptors (Lipinski definition) is 2. The summed E-state index contributed by atoms with van der Waals surface area (Å²) in [6.45, 7) is 0.194. The van der Waals surface area contributed by atoms with Crippen molar-refractivity contribution < 1.29 is 22.7 Å². The van der Waals surface area contributed by atoms with Gasteiger partial charge in [0.15, 0.2) is 0 Å². The van der Waals surface area contributed by atoms with E-state index in [1.165, 1.54) is 6.07 Å². The van der Waals surface area contributed by atoms with Gasteiger partial charge in [-0.3, -0.25) is 0 Å². The van der Waals surface area contributed by atoms with Crippen molar-refractivity contribution in [3.8, 4) is 0 Å². The van der Waals surface area contributed by atoms with Crippen LogP contribution in [0.4, 0.5) is 18.0 Å². The Kier molecular flexibility index (Phi) is 5.09. The number of carbonyl (C=O) groups excluding carboxylic acids is 1. The van der Waals surface area contributed by atoms with E-state index >= 15 is 0 Å². The first kappa shape index (κ1) is 16.1. The fourth-order valence-corrected chi connectivity index (χ4v) is 2.27. The molecule has 1 heterocycles. The maximum absolute atomic E-state index is 12.6. The molecule has 0 spiro atoms. The van der Waals surface area contributed by atoms with Crippen molar-refractivity contribution in [2.24, 2.45) is 0 Å². The van der Waals surface area contributed by atoms with E-state index in [0.29, 0.717) is 16.5 Å². The van der Waals surface area contributed by atoms with Crippen molar-refractivity contribution in [1.82, 2.24) is 5.32 Å². The standard InChI is InChI=1S/C11H9BrF3NO2.ClH/c12-8-2-1-6(11(13,14)15)5-7(8)9-3-4-18-10(17)16-9;/h1-2,5,9H,3-4H2,(H,16,17);1H/t9-;/m1./s1. The summed E-state index contributed by atoms with van der Waals surface area (Å²) in [6.07, 6.45) is -4.58. The molecule has 1 amide bonds. The van der Waals surface area contributed by atoms with Crippen molar-refractivity contribution in [2.45, 2.75) is 18.6 Å². The number of amides is 1. The molecule has 0 saturated carbocycles. The topological polar surface area (TPSA) is 38.3 Å². The van der Waals surface area contributed by atoms with E-state index in [1.807, 2.05) is 0 Å². The molecule has 1 atom stereocenters. The highest BCUT2D eigenvalue weighted by Gasteiger charge is 2.32. The average Bonchev–Trinajstić information content (AvgIpc) is 2.28. The predicted molar refractivity (Wildman–Crippen MR) is 68.2 cm³/mol. The molecule has 106 valence electrons. The van der Waals surface area contributed by atoms with Crippen LogP contribution < -0.4 is 5.32 Å². The van der Waals surface area contributed by atoms with Gasteiger partial charge in [0.2, 0.25) is 0 Å². The highest BCUT2D eigenvalue weighted by molar-refractivity contribution is 9.10. The maximum atomic E-state index is 12.6. The van der Waals surface area contributed by atoms with Crippen molar-refractivity contribution in [1.29, 1.82) is 0 Å². The van der Waals surface area contributed by atoms with Crippen LogP contribution in [-0.2, 0) is 10.9 Å². The van der Waals surface area contributed by atoms with Gasteiger partial charge in [-0.15, -0.1) is 12.4 Å². The quantitative estimate of drug-likeness (QED) is 0.820. The Morgan fingerprint density at radius 2 is 2.05 bits per heavy atom. The van der Waals surface area contributed by atoms with E-state index in [9.17, 15) is 18.0 Å². The Labute approximate surface area is 122 Å². The molecule has 1 aromatic rings. The molecule has 0 radical (unpaired) electrons. The Bertz CT molecular complexity index is 481. The molecule has 0 bridgehead atoms. The van der Waals surface area contributed by atoms with Gasteiger partial charge >= 0.3 is 12.3 Å². The van der Waals surface area contributed by atoms with Gasteiger partial charge in [0.25, 0.3) is 0 Å². The number of benzene rings is 1. The van der Waals surface area contributed by atoms with Crippen LogP contribution in [0.5, 0.6) is 0 Å². The highest BCUT2D eigenvalue weighted by atomic mass is 79.9. The molecular weight excluding hydrogens is 350 g/mol. The van der Waals surface area contributed by atoms with Crippen molar-refractivity contribution >= 4 is 34.4 Å². The van der Waals surface area contributed by atoms with Gasteiger partial charge < -0.3 is 10.1 Å². The summed E-state index contributed by atoms with van der Waals surface area (Å²) in [4.78, 5) is 11.1. The number of rotatable bonds is 1. The van der Waals surface area contributed by atoms with E-state index < -0.39 is 23.9 Å². The van der Waals surface area contributed by atoms with Gasteiger partial charge in [-0.05, 0) is 23.8 Å². The third kappa shape index (κ3) is 3.76. The monoisotopic (exact) mass is 359 g/mol. The Morgan fingerprint density at radius 3 is 2.63 bits per heavy atom. The minimum absolute atomic E-state index is 0. The minimum atomic E-state index is -4.40. The van der Waals surface area contributed by atoms with Crippen molar-refractivity contribution in [3.63, 3.8) is 0 Å². The fraction of sp³-hybridized carbons (Fsp3) is 0.364. The van der Waals surface area contributed by atoms with Gasteiger partial charge in [-0.1, -0.05) is 15.9 Å². The molecule has 2 rings (SSSR count). The van der Waals surface area contributed by atoms with Crippen molar-refractivity contribution in [3.05, 3.63) is 33.8 Å². The summed E-state index contributed by atoms with van der Waals surface area (Å²) in [7, 11) is 0. The van der Waals surface area contributed by atoms with Gasteiger partial charge in [0, 0.05) is 10.9 Å². The van der Waals surface area contributed by atoms with Crippen LogP contribution in [0.1, 0.15) is 23.6 Å². The van der Waals surface area contributed by atoms with Crippen LogP contribution in [0, 0.1) is 0 Å². The number of cyclic esters (lactones) is 1. The van der Waals surface area contributed by atoms with E-state index in [1.54, 1.807) is 0 Å². The van der Waals surface area contributed by atoms with E-state index in [2.05, 4.69) is 26.0 Å². The highest BCUT2D eigenvalue weighted by Crippen LogP contribution is 2.35. The molecule has 0 unspecified atom stereocenters. The molecule has 1 aromatic carbocycles. The van der Waals surface area contributed by atoms with E-state index in [0.717, 1.165) is 12.1 Å². The van der Waals surface area contributed by atoms with Crippen LogP contribution in [0.15, 0.2) is 22.7 Å². The lowest BCUT2D eigenvalue weighted by molar-refractivity contribution is -0.137. The lowest BCUT2D eigenvalue weighted by Crippen LogP contribution is -2.35. The van der Waals surface area contributed by atoms with Gasteiger partial charge in [-0.2, -0.15) is 13.2 Å². The van der Waals surface area contributed by atoms with Crippen LogP contribution in [0.3, 0.4) is 0 Å². The number of halogens is 5. The SMILES string of the molecule is Cl.O=C1N[C@@H](c2cc(C(F)(F)F)ccc2Br)CCO1. The largest absolute Gasteiger partial charge is 0.449 e. The Morgan fingerprint density at radius 1 is 1.37 bits per heavy atom. The van der Waals surface area contributed by atoms with Gasteiger partial charge in [0.05, 0.1) is 18.2 Å². The number of nitrogens with one attached hydrogen (secondary N) is 1. The molecule has 19 heavy (non-hydrogen) atoms. The summed E-state index contributed by atoms with van der Waals surface area (Å²) >= 11 is 3.19. The maximum Gasteiger partial charge on any atom is 0.416 e. The molecule has 1 aliphatic rings. The first-order valence-electron chi connectivity index (χ1n) is 5.18. The molecule has 0 aromatic heterocycles. The van der Waals surface area contributed by atoms with Crippen molar-refractivity contribution in [2.75, 3.05) is 6.61 Å². The summed E-state index contributed by atoms with van der Waals surface area (Å²) < 4.78 is 43.1. The predicted octanol–water partition coefficient (Wildman–Crippen LogP) is 4.06. The third-order valence-corrected chi connectivity index (χ3v) is 3.35. The fourth-order valence-electron chi connectivity index (χ4n) is 1.75. The number of carbonyl (C=O) groups is 1. The summed E-state index contributed by atoms with van der Waals surface area (Å²) in [6, 6.07) is 2.90. The average molecular weight is 361 g/mol. The van der Waals surface area contributed by atoms with Crippen LogP contribution in [0.25, 0.3) is 0 Å². The Hall–Kier alpha value is -0.950. The molecule has 1 saturated heterocycles. The summed E-state index contributed by atoms with van der Waals surface area (Å²) in [5.41, 5.74) is -0.331. The summed E-state index contributed by atoms with van der Waals surface area (Å²) in [5.74, 6) is 0. The normalized spacial score (nSPS) is 19.2. The van der Waals surface area contributed by atoms with Crippen LogP contribution >= 0.6 is 28.3 Å². The second kappa shape index (κ2) is 6.00. The minimum Gasteiger partial charge on any atom is -0.449 e. The first-order valence-corrected chi connectivity index (χ1v) is 5.97. The smallest absolute Gasteiger partial charge is 0.416 e. The molecule has 1 aliphatic heterocycles. The number of alkyl carbamates (subject to hydrolysis) is 1. The van der Waals surface area contributed by atoms with Crippen LogP contribution in [-0.4, -0.2) is 12.7 Å². The lowest BCUT2D eigenvalue weighted by Gasteiger charge is -2.25. The number of alkyl halides is 3. The summed E-state index contributed by atoms with van der Waals surface area (Å²) in [5, 5.41) is 2.49. The second-order valence-corrected chi connectivity index (χ2v) is 4.71. The van der Waals surface area contributed by atoms with E-state index in [-0.39, 0.29) is 19.0 Å². The zero-order valence-electron chi connectivity index (χ0n) is 9.46. The molecule has 0 aliphatic carbocycles. The zero-order valence-corrected chi connectivity index (χ0v) is 11.9. The Balaban J connectivity index is 0.00000180. The number of ether oxygens (including phenoxy) is 1. The number of hydrogen-bond donors (Lipinski definition) is 1. The lowest BCUT2D eigenvalue weighted by atomic mass is 10.0. The zero-order chi connectivity index (χ0) is 13.3. The van der Waals surface area contributed by atoms with E-state index in [4.69, 9.17) is 0 Å². The second-order valence-electron chi connectivity index (χ2n) is 3.86. The first-order chi connectivity index (χ1) is 8.38. The molecule has 8 heteroatoms. The van der Waals surface area contributed by atoms with Crippen LogP contribution in [0.2, 0.25) is 0 Å². The van der Waals surface area contributed by atoms with Gasteiger partial charge in [0.1, 0.15) is 0 Å². The van der Waals surface area contributed by atoms with Gasteiger partial charge in [-0.25, -0.2) is 4.79 Å². The third-order valence-electron chi connectivity index (χ3n) is 2.63. The molecule has 1 N–H and O–H groups in total. The molecular formula is C11H10BrClF3NO2. The molecule has 1 fully saturated rings.